The van der Waals surface area contributed by atoms with Gasteiger partial charge in [0, 0.05) is 12.4 Å². The Kier molecular flexibility index (Phi) is 1.35. The molecule has 0 aromatic carbocycles. The van der Waals surface area contributed by atoms with E-state index in [1.807, 2.05) is 20.0 Å². The van der Waals surface area contributed by atoms with Crippen molar-refractivity contribution in [2.75, 3.05) is 5.73 Å². The van der Waals surface area contributed by atoms with Crippen LogP contribution in [-0.4, -0.2) is 19.9 Å². The highest BCUT2D eigenvalue weighted by Gasteiger charge is 2.12. The van der Waals surface area contributed by atoms with E-state index in [9.17, 15) is 0 Å². The van der Waals surface area contributed by atoms with Crippen LogP contribution in [0.1, 0.15) is 5.69 Å². The fourth-order valence-electron chi connectivity index (χ4n) is 1.73. The SMILES string of the molecule is Cc1nn(C)c2nc3noc(N)c3cc12. The summed E-state index contributed by atoms with van der Waals surface area (Å²) in [6.07, 6.45) is 0. The maximum Gasteiger partial charge on any atom is 0.231 e. The van der Waals surface area contributed by atoms with Gasteiger partial charge in [0.1, 0.15) is 0 Å². The second-order valence-electron chi connectivity index (χ2n) is 3.49. The molecule has 0 unspecified atom stereocenters. The van der Waals surface area contributed by atoms with Gasteiger partial charge in [-0.25, -0.2) is 4.98 Å². The Balaban J connectivity index is 2.57. The molecular weight excluding hydrogens is 194 g/mol. The normalized spacial score (nSPS) is 11.6. The molecule has 0 aliphatic rings. The molecule has 0 saturated heterocycles. The molecule has 0 radical (unpaired) electrons. The van der Waals surface area contributed by atoms with Crippen molar-refractivity contribution in [3.8, 4) is 0 Å². The van der Waals surface area contributed by atoms with Gasteiger partial charge in [-0.15, -0.1) is 0 Å². The predicted molar refractivity (Wildman–Crippen MR) is 55.2 cm³/mol. The number of hydrogen-bond donors (Lipinski definition) is 1. The highest BCUT2D eigenvalue weighted by Crippen LogP contribution is 2.24. The van der Waals surface area contributed by atoms with Crippen LogP contribution in [0.25, 0.3) is 22.1 Å². The summed E-state index contributed by atoms with van der Waals surface area (Å²) < 4.78 is 6.59. The Morgan fingerprint density at radius 2 is 2.20 bits per heavy atom. The van der Waals surface area contributed by atoms with E-state index in [1.165, 1.54) is 0 Å². The van der Waals surface area contributed by atoms with E-state index in [0.29, 0.717) is 11.5 Å². The van der Waals surface area contributed by atoms with Crippen molar-refractivity contribution in [3.63, 3.8) is 0 Å². The number of aromatic nitrogens is 4. The van der Waals surface area contributed by atoms with Crippen molar-refractivity contribution in [1.29, 1.82) is 0 Å². The molecule has 0 fully saturated rings. The Hall–Kier alpha value is -2.11. The lowest BCUT2D eigenvalue weighted by atomic mass is 10.2. The zero-order chi connectivity index (χ0) is 10.6. The third-order valence-corrected chi connectivity index (χ3v) is 2.47. The fraction of sp³-hybridized carbons (Fsp3) is 0.222. The summed E-state index contributed by atoms with van der Waals surface area (Å²) in [5.41, 5.74) is 7.85. The molecule has 6 heteroatoms. The molecule has 0 saturated carbocycles. The summed E-state index contributed by atoms with van der Waals surface area (Å²) >= 11 is 0. The van der Waals surface area contributed by atoms with Crippen LogP contribution in [0.5, 0.6) is 0 Å². The summed E-state index contributed by atoms with van der Waals surface area (Å²) in [4.78, 5) is 4.33. The molecule has 0 spiro atoms. The molecule has 0 atom stereocenters. The van der Waals surface area contributed by atoms with Gasteiger partial charge in [0.05, 0.1) is 11.1 Å². The van der Waals surface area contributed by atoms with E-state index in [-0.39, 0.29) is 0 Å². The highest BCUT2D eigenvalue weighted by molar-refractivity contribution is 5.95. The first-order valence-electron chi connectivity index (χ1n) is 4.52. The first-order valence-corrected chi connectivity index (χ1v) is 4.52. The van der Waals surface area contributed by atoms with Crippen LogP contribution in [0.15, 0.2) is 10.6 Å². The minimum atomic E-state index is 0.294. The number of rotatable bonds is 0. The van der Waals surface area contributed by atoms with E-state index in [4.69, 9.17) is 10.3 Å². The monoisotopic (exact) mass is 203 g/mol. The van der Waals surface area contributed by atoms with E-state index in [2.05, 4.69) is 15.2 Å². The van der Waals surface area contributed by atoms with Gasteiger partial charge >= 0.3 is 0 Å². The summed E-state index contributed by atoms with van der Waals surface area (Å²) in [7, 11) is 1.84. The van der Waals surface area contributed by atoms with Gasteiger partial charge in [0.15, 0.2) is 5.65 Å². The molecule has 2 N–H and O–H groups in total. The summed E-state index contributed by atoms with van der Waals surface area (Å²) in [5.74, 6) is 0.294. The molecule has 0 bridgehead atoms. The van der Waals surface area contributed by atoms with Crippen LogP contribution >= 0.6 is 0 Å². The average Bonchev–Trinajstić information content (AvgIpc) is 2.70. The lowest BCUT2D eigenvalue weighted by Crippen LogP contribution is -1.92. The molecule has 3 heterocycles. The minimum absolute atomic E-state index is 0.294. The Bertz CT molecular complexity index is 666. The molecule has 3 aromatic heterocycles. The van der Waals surface area contributed by atoms with Crippen LogP contribution < -0.4 is 5.73 Å². The lowest BCUT2D eigenvalue weighted by molar-refractivity contribution is 0.443. The third kappa shape index (κ3) is 0.955. The molecular formula is C9H9N5O. The zero-order valence-corrected chi connectivity index (χ0v) is 8.35. The topological polar surface area (TPSA) is 82.8 Å². The number of pyridine rings is 1. The van der Waals surface area contributed by atoms with Gasteiger partial charge in [-0.1, -0.05) is 5.16 Å². The quantitative estimate of drug-likeness (QED) is 0.589. The highest BCUT2D eigenvalue weighted by atomic mass is 16.5. The zero-order valence-electron chi connectivity index (χ0n) is 8.35. The second-order valence-corrected chi connectivity index (χ2v) is 3.49. The molecule has 15 heavy (non-hydrogen) atoms. The molecule has 0 amide bonds. The first kappa shape index (κ1) is 8.22. The van der Waals surface area contributed by atoms with Crippen molar-refractivity contribution in [1.82, 2.24) is 19.9 Å². The predicted octanol–water partition coefficient (Wildman–Crippen LogP) is 1.00. The van der Waals surface area contributed by atoms with Gasteiger partial charge in [0.2, 0.25) is 11.5 Å². The maximum atomic E-state index is 5.63. The van der Waals surface area contributed by atoms with E-state index in [0.717, 1.165) is 22.1 Å². The number of nitrogens with two attached hydrogens (primary N) is 1. The summed E-state index contributed by atoms with van der Waals surface area (Å²) in [6.45, 7) is 1.93. The smallest absolute Gasteiger partial charge is 0.231 e. The van der Waals surface area contributed by atoms with Crippen molar-refractivity contribution in [2.45, 2.75) is 6.92 Å². The van der Waals surface area contributed by atoms with Crippen molar-refractivity contribution < 1.29 is 4.52 Å². The van der Waals surface area contributed by atoms with Crippen LogP contribution in [0.3, 0.4) is 0 Å². The number of anilines is 1. The number of hydrogen-bond acceptors (Lipinski definition) is 5. The summed E-state index contributed by atoms with van der Waals surface area (Å²) in [6, 6.07) is 1.91. The molecule has 76 valence electrons. The van der Waals surface area contributed by atoms with Crippen LogP contribution in [0.4, 0.5) is 5.88 Å². The van der Waals surface area contributed by atoms with Crippen LogP contribution in [0, 0.1) is 6.92 Å². The largest absolute Gasteiger partial charge is 0.367 e. The van der Waals surface area contributed by atoms with Crippen molar-refractivity contribution in [3.05, 3.63) is 11.8 Å². The minimum Gasteiger partial charge on any atom is -0.367 e. The average molecular weight is 203 g/mol. The molecule has 0 aliphatic heterocycles. The molecule has 6 nitrogen and oxygen atoms in total. The first-order chi connectivity index (χ1) is 7.16. The van der Waals surface area contributed by atoms with Crippen LogP contribution in [-0.2, 0) is 7.05 Å². The Labute approximate surface area is 84.7 Å². The van der Waals surface area contributed by atoms with Gasteiger partial charge in [-0.2, -0.15) is 5.10 Å². The van der Waals surface area contributed by atoms with Gasteiger partial charge < -0.3 is 10.3 Å². The summed E-state index contributed by atoms with van der Waals surface area (Å²) in [5, 5.41) is 9.75. The maximum absolute atomic E-state index is 5.63. The molecule has 0 aliphatic carbocycles. The number of nitrogen functional groups attached to an aromatic ring is 1. The van der Waals surface area contributed by atoms with Crippen molar-refractivity contribution in [2.24, 2.45) is 7.05 Å². The Morgan fingerprint density at radius 3 is 3.00 bits per heavy atom. The van der Waals surface area contributed by atoms with E-state index >= 15 is 0 Å². The molecule has 3 aromatic rings. The van der Waals surface area contributed by atoms with Crippen molar-refractivity contribution >= 4 is 28.0 Å². The Morgan fingerprint density at radius 1 is 1.40 bits per heavy atom. The van der Waals surface area contributed by atoms with Crippen LogP contribution in [0.2, 0.25) is 0 Å². The number of aryl methyl sites for hydroxylation is 2. The molecule has 3 rings (SSSR count). The number of fused-ring (bicyclic) bond motifs is 2. The van der Waals surface area contributed by atoms with Gasteiger partial charge in [-0.3, -0.25) is 4.68 Å². The fourth-order valence-corrected chi connectivity index (χ4v) is 1.73. The lowest BCUT2D eigenvalue weighted by Gasteiger charge is -1.92. The van der Waals surface area contributed by atoms with E-state index < -0.39 is 0 Å². The number of nitrogens with zero attached hydrogens (tertiary/aromatic N) is 4. The van der Waals surface area contributed by atoms with Gasteiger partial charge in [0.25, 0.3) is 0 Å². The third-order valence-electron chi connectivity index (χ3n) is 2.47. The standard InChI is InChI=1S/C9H9N5O/c1-4-5-3-6-7(10)15-13-8(6)11-9(5)14(2)12-4/h3H,10H2,1-2H3. The second kappa shape index (κ2) is 2.47. The van der Waals surface area contributed by atoms with Gasteiger partial charge in [-0.05, 0) is 13.0 Å². The van der Waals surface area contributed by atoms with E-state index in [1.54, 1.807) is 4.68 Å².